The maximum absolute atomic E-state index is 11.7. The lowest BCUT2D eigenvalue weighted by Crippen LogP contribution is -2.06. The van der Waals surface area contributed by atoms with E-state index in [0.717, 1.165) is 6.26 Å². The van der Waals surface area contributed by atoms with Gasteiger partial charge in [0.25, 0.3) is 0 Å². The first kappa shape index (κ1) is 18.2. The van der Waals surface area contributed by atoms with E-state index in [9.17, 15) is 18.3 Å². The lowest BCUT2D eigenvalue weighted by atomic mass is 9.99. The minimum Gasteiger partial charge on any atom is -0.477 e. The summed E-state index contributed by atoms with van der Waals surface area (Å²) in [6.45, 7) is 0. The van der Waals surface area contributed by atoms with E-state index in [0.29, 0.717) is 27.4 Å². The third-order valence-electron chi connectivity index (χ3n) is 3.94. The summed E-state index contributed by atoms with van der Waals surface area (Å²) in [5, 5.41) is 14.5. The molecule has 0 saturated heterocycles. The molecule has 1 aromatic heterocycles. The Morgan fingerprint density at radius 2 is 1.58 bits per heavy atom. The average molecular weight is 391 g/mol. The van der Waals surface area contributed by atoms with E-state index in [-0.39, 0.29) is 10.6 Å². The largest absolute Gasteiger partial charge is 0.477 e. The van der Waals surface area contributed by atoms with Crippen LogP contribution in [0, 0.1) is 0 Å². The number of aryl methyl sites for hydroxylation is 1. The van der Waals surface area contributed by atoms with Gasteiger partial charge in [0.2, 0.25) is 0 Å². The van der Waals surface area contributed by atoms with Crippen LogP contribution < -0.4 is 0 Å². The standard InChI is InChI=1S/C18H15ClN2O4S/c1-21-17(18(22)23)15(11-3-7-13(19)8-4-11)16(20-21)12-5-9-14(10-6-12)26(2,24)25/h3-10H,1-2H3,(H,22,23). The van der Waals surface area contributed by atoms with Crippen LogP contribution in [0.15, 0.2) is 53.4 Å². The summed E-state index contributed by atoms with van der Waals surface area (Å²) < 4.78 is 24.6. The zero-order valence-corrected chi connectivity index (χ0v) is 15.5. The minimum absolute atomic E-state index is 0.0366. The maximum atomic E-state index is 11.7. The summed E-state index contributed by atoms with van der Waals surface area (Å²) in [5.74, 6) is -1.11. The van der Waals surface area contributed by atoms with E-state index >= 15 is 0 Å². The topological polar surface area (TPSA) is 89.3 Å². The SMILES string of the molecule is Cn1nc(-c2ccc(S(C)(=O)=O)cc2)c(-c2ccc(Cl)cc2)c1C(=O)O. The molecule has 3 aromatic rings. The number of nitrogens with zero attached hydrogens (tertiary/aromatic N) is 2. The van der Waals surface area contributed by atoms with Gasteiger partial charge in [-0.15, -0.1) is 0 Å². The number of hydrogen-bond acceptors (Lipinski definition) is 4. The molecule has 0 aliphatic heterocycles. The first-order valence-corrected chi connectivity index (χ1v) is 9.82. The fraction of sp³-hybridized carbons (Fsp3) is 0.111. The fourth-order valence-corrected chi connectivity index (χ4v) is 3.48. The van der Waals surface area contributed by atoms with E-state index in [2.05, 4.69) is 5.10 Å². The Labute approximate surface area is 155 Å². The predicted molar refractivity (Wildman–Crippen MR) is 99.2 cm³/mol. The monoisotopic (exact) mass is 390 g/mol. The molecule has 0 fully saturated rings. The summed E-state index contributed by atoms with van der Waals surface area (Å²) in [6.07, 6.45) is 1.13. The van der Waals surface area contributed by atoms with Crippen molar-refractivity contribution < 1.29 is 18.3 Å². The van der Waals surface area contributed by atoms with Gasteiger partial charge in [0.15, 0.2) is 15.5 Å². The van der Waals surface area contributed by atoms with Gasteiger partial charge in [-0.05, 0) is 29.8 Å². The number of carbonyl (C=O) groups is 1. The van der Waals surface area contributed by atoms with Crippen LogP contribution in [0.3, 0.4) is 0 Å². The predicted octanol–water partition coefficient (Wildman–Crippen LogP) is 3.51. The van der Waals surface area contributed by atoms with Gasteiger partial charge in [0.05, 0.1) is 4.90 Å². The summed E-state index contributed by atoms with van der Waals surface area (Å²) in [4.78, 5) is 11.9. The lowest BCUT2D eigenvalue weighted by molar-refractivity contribution is 0.0686. The molecular weight excluding hydrogens is 376 g/mol. The number of halogens is 1. The van der Waals surface area contributed by atoms with Crippen molar-refractivity contribution in [2.45, 2.75) is 4.90 Å². The third kappa shape index (κ3) is 3.36. The molecule has 8 heteroatoms. The molecule has 134 valence electrons. The van der Waals surface area contributed by atoms with Crippen molar-refractivity contribution in [3.05, 3.63) is 59.2 Å². The van der Waals surface area contributed by atoms with Gasteiger partial charge in [-0.2, -0.15) is 5.10 Å². The highest BCUT2D eigenvalue weighted by molar-refractivity contribution is 7.90. The van der Waals surface area contributed by atoms with Crippen molar-refractivity contribution in [3.8, 4) is 22.4 Å². The molecule has 0 amide bonds. The van der Waals surface area contributed by atoms with E-state index < -0.39 is 15.8 Å². The first-order chi connectivity index (χ1) is 12.2. The van der Waals surface area contributed by atoms with Crippen molar-refractivity contribution in [1.29, 1.82) is 0 Å². The Kier molecular flexibility index (Phi) is 4.60. The second-order valence-electron chi connectivity index (χ2n) is 5.80. The third-order valence-corrected chi connectivity index (χ3v) is 5.32. The Morgan fingerprint density at radius 3 is 2.08 bits per heavy atom. The number of sulfone groups is 1. The molecule has 0 spiro atoms. The first-order valence-electron chi connectivity index (χ1n) is 7.55. The van der Waals surface area contributed by atoms with E-state index in [1.807, 2.05) is 0 Å². The number of benzene rings is 2. The van der Waals surface area contributed by atoms with Gasteiger partial charge in [-0.25, -0.2) is 13.2 Å². The van der Waals surface area contributed by atoms with Gasteiger partial charge < -0.3 is 5.11 Å². The Hall–Kier alpha value is -2.64. The number of aromatic nitrogens is 2. The van der Waals surface area contributed by atoms with Crippen LogP contribution in [0.4, 0.5) is 0 Å². The van der Waals surface area contributed by atoms with E-state index in [4.69, 9.17) is 11.6 Å². The van der Waals surface area contributed by atoms with Crippen LogP contribution in [-0.4, -0.2) is 35.5 Å². The average Bonchev–Trinajstić information content (AvgIpc) is 2.92. The van der Waals surface area contributed by atoms with Gasteiger partial charge in [-0.3, -0.25) is 4.68 Å². The van der Waals surface area contributed by atoms with Crippen LogP contribution in [0.1, 0.15) is 10.5 Å². The molecule has 3 rings (SSSR count). The van der Waals surface area contributed by atoms with Gasteiger partial charge in [-0.1, -0.05) is 35.9 Å². The zero-order chi connectivity index (χ0) is 19.1. The molecule has 1 heterocycles. The normalized spacial score (nSPS) is 11.5. The van der Waals surface area contributed by atoms with Crippen LogP contribution in [-0.2, 0) is 16.9 Å². The van der Waals surface area contributed by atoms with Gasteiger partial charge in [0.1, 0.15) is 5.69 Å². The van der Waals surface area contributed by atoms with Crippen LogP contribution in [0.25, 0.3) is 22.4 Å². The lowest BCUT2D eigenvalue weighted by Gasteiger charge is -2.06. The minimum atomic E-state index is -3.32. The zero-order valence-electron chi connectivity index (χ0n) is 14.0. The van der Waals surface area contributed by atoms with Gasteiger partial charge in [0, 0.05) is 29.5 Å². The molecule has 0 unspecified atom stereocenters. The maximum Gasteiger partial charge on any atom is 0.354 e. The van der Waals surface area contributed by atoms with Crippen molar-refractivity contribution in [2.75, 3.05) is 6.26 Å². The molecule has 26 heavy (non-hydrogen) atoms. The number of carboxylic acid groups (broad SMARTS) is 1. The second-order valence-corrected chi connectivity index (χ2v) is 8.26. The molecule has 2 aromatic carbocycles. The van der Waals surface area contributed by atoms with Crippen LogP contribution in [0.5, 0.6) is 0 Å². The van der Waals surface area contributed by atoms with E-state index in [1.54, 1.807) is 43.4 Å². The Balaban J connectivity index is 2.23. The van der Waals surface area contributed by atoms with Crippen LogP contribution >= 0.6 is 11.6 Å². The molecule has 0 atom stereocenters. The summed E-state index contributed by atoms with van der Waals surface area (Å²) in [6, 6.07) is 13.0. The summed E-state index contributed by atoms with van der Waals surface area (Å²) in [5.41, 5.74) is 2.21. The fourth-order valence-electron chi connectivity index (χ4n) is 2.72. The highest BCUT2D eigenvalue weighted by atomic mass is 35.5. The van der Waals surface area contributed by atoms with Gasteiger partial charge >= 0.3 is 5.97 Å². The number of carboxylic acids is 1. The summed E-state index contributed by atoms with van der Waals surface area (Å²) in [7, 11) is -1.77. The highest BCUT2D eigenvalue weighted by Crippen LogP contribution is 2.35. The Bertz CT molecular complexity index is 1090. The summed E-state index contributed by atoms with van der Waals surface area (Å²) >= 11 is 5.93. The Morgan fingerprint density at radius 1 is 1.04 bits per heavy atom. The quantitative estimate of drug-likeness (QED) is 0.736. The smallest absolute Gasteiger partial charge is 0.354 e. The molecule has 6 nitrogen and oxygen atoms in total. The second kappa shape index (κ2) is 6.59. The number of rotatable bonds is 4. The molecular formula is C18H15ClN2O4S. The van der Waals surface area contributed by atoms with Crippen molar-refractivity contribution in [3.63, 3.8) is 0 Å². The number of hydrogen-bond donors (Lipinski definition) is 1. The molecule has 0 aliphatic carbocycles. The van der Waals surface area contributed by atoms with Crippen molar-refractivity contribution >= 4 is 27.4 Å². The molecule has 0 saturated carbocycles. The molecule has 0 bridgehead atoms. The van der Waals surface area contributed by atoms with Crippen molar-refractivity contribution in [2.24, 2.45) is 7.05 Å². The number of aromatic carboxylic acids is 1. The van der Waals surface area contributed by atoms with Crippen LogP contribution in [0.2, 0.25) is 5.02 Å². The molecule has 0 aliphatic rings. The molecule has 1 N–H and O–H groups in total. The molecule has 0 radical (unpaired) electrons. The highest BCUT2D eigenvalue weighted by Gasteiger charge is 2.24. The van der Waals surface area contributed by atoms with Crippen molar-refractivity contribution in [1.82, 2.24) is 9.78 Å². The van der Waals surface area contributed by atoms with E-state index in [1.165, 1.54) is 16.8 Å².